The number of Topliss-reactive ketones (excluding diaryl/α,β-unsaturated/α-hetero) is 1. The molecule has 0 saturated heterocycles. The van der Waals surface area contributed by atoms with Crippen molar-refractivity contribution in [1.82, 2.24) is 24.7 Å². The van der Waals surface area contributed by atoms with Gasteiger partial charge in [-0.15, -0.1) is 0 Å². The van der Waals surface area contributed by atoms with E-state index in [1.165, 1.54) is 0 Å². The monoisotopic (exact) mass is 337 g/mol. The zero-order valence-electron chi connectivity index (χ0n) is 15.6. The number of aromatic nitrogens is 5. The molecular formula is C19H23N5O. The molecule has 130 valence electrons. The summed E-state index contributed by atoms with van der Waals surface area (Å²) in [7, 11) is 0. The van der Waals surface area contributed by atoms with Crippen LogP contribution in [0.3, 0.4) is 0 Å². The smallest absolute Gasteiger partial charge is 0.180 e. The highest BCUT2D eigenvalue weighted by atomic mass is 16.1. The van der Waals surface area contributed by atoms with Crippen molar-refractivity contribution < 1.29 is 4.79 Å². The van der Waals surface area contributed by atoms with Crippen LogP contribution in [0.25, 0.3) is 22.2 Å². The molecule has 0 aliphatic rings. The predicted molar refractivity (Wildman–Crippen MR) is 97.5 cm³/mol. The first-order chi connectivity index (χ1) is 11.7. The van der Waals surface area contributed by atoms with Crippen molar-refractivity contribution in [3.8, 4) is 11.3 Å². The van der Waals surface area contributed by atoms with E-state index in [4.69, 9.17) is 4.98 Å². The molecule has 0 bridgehead atoms. The Morgan fingerprint density at radius 2 is 1.80 bits per heavy atom. The zero-order chi connectivity index (χ0) is 18.4. The van der Waals surface area contributed by atoms with Gasteiger partial charge in [0.2, 0.25) is 0 Å². The molecular weight excluding hydrogens is 314 g/mol. The Hall–Kier alpha value is -2.63. The summed E-state index contributed by atoms with van der Waals surface area (Å²) in [6.45, 7) is 12.5. The molecule has 0 saturated carbocycles. The fraction of sp³-hybridized carbons (Fsp3) is 0.421. The van der Waals surface area contributed by atoms with E-state index in [1.54, 1.807) is 19.3 Å². The molecule has 3 rings (SSSR count). The minimum absolute atomic E-state index is 0.0446. The van der Waals surface area contributed by atoms with Gasteiger partial charge >= 0.3 is 0 Å². The summed E-state index contributed by atoms with van der Waals surface area (Å²) in [5.41, 5.74) is 3.87. The van der Waals surface area contributed by atoms with Crippen LogP contribution in [0.15, 0.2) is 18.5 Å². The molecule has 0 aromatic carbocycles. The Balaban J connectivity index is 2.24. The van der Waals surface area contributed by atoms with Crippen molar-refractivity contribution in [3.05, 3.63) is 35.7 Å². The van der Waals surface area contributed by atoms with E-state index in [9.17, 15) is 4.79 Å². The number of carbonyl (C=O) groups excluding carboxylic acids is 1. The van der Waals surface area contributed by atoms with Crippen LogP contribution < -0.4 is 0 Å². The summed E-state index contributed by atoms with van der Waals surface area (Å²) in [4.78, 5) is 25.3. The molecule has 6 nitrogen and oxygen atoms in total. The van der Waals surface area contributed by atoms with Gasteiger partial charge in [0, 0.05) is 36.8 Å². The average Bonchev–Trinajstić information content (AvgIpc) is 2.85. The minimum Gasteiger partial charge on any atom is -0.293 e. The normalized spacial score (nSPS) is 11.9. The lowest BCUT2D eigenvalue weighted by molar-refractivity contribution is 0.101. The van der Waals surface area contributed by atoms with Crippen molar-refractivity contribution in [3.63, 3.8) is 0 Å². The Morgan fingerprint density at radius 1 is 1.16 bits per heavy atom. The lowest BCUT2D eigenvalue weighted by Crippen LogP contribution is -2.17. The van der Waals surface area contributed by atoms with Gasteiger partial charge in [0.05, 0.1) is 16.9 Å². The second-order valence-corrected chi connectivity index (χ2v) is 7.63. The van der Waals surface area contributed by atoms with Crippen LogP contribution in [-0.2, 0) is 6.54 Å². The van der Waals surface area contributed by atoms with Gasteiger partial charge in [0.1, 0.15) is 11.5 Å². The number of aryl methyl sites for hydroxylation is 2. The Kier molecular flexibility index (Phi) is 4.14. The number of pyridine rings is 1. The first-order valence-corrected chi connectivity index (χ1v) is 8.34. The van der Waals surface area contributed by atoms with Gasteiger partial charge in [-0.1, -0.05) is 20.8 Å². The summed E-state index contributed by atoms with van der Waals surface area (Å²) in [5.74, 6) is 0.665. The highest BCUT2D eigenvalue weighted by Crippen LogP contribution is 2.29. The van der Waals surface area contributed by atoms with Gasteiger partial charge in [-0.3, -0.25) is 14.5 Å². The topological polar surface area (TPSA) is 73.6 Å². The highest BCUT2D eigenvalue weighted by molar-refractivity contribution is 6.06. The number of carbonyl (C=O) groups is 1. The van der Waals surface area contributed by atoms with Gasteiger partial charge in [-0.2, -0.15) is 5.10 Å². The molecule has 0 radical (unpaired) electrons. The van der Waals surface area contributed by atoms with Crippen LogP contribution in [0.5, 0.6) is 0 Å². The van der Waals surface area contributed by atoms with Crippen LogP contribution in [0, 0.1) is 19.3 Å². The summed E-state index contributed by atoms with van der Waals surface area (Å²) >= 11 is 0. The van der Waals surface area contributed by atoms with E-state index in [2.05, 4.69) is 35.8 Å². The average molecular weight is 337 g/mol. The number of nitrogens with zero attached hydrogens (tertiary/aromatic N) is 5. The number of ketones is 1. The summed E-state index contributed by atoms with van der Waals surface area (Å²) in [5, 5.41) is 5.41. The first kappa shape index (κ1) is 17.2. The molecule has 0 atom stereocenters. The lowest BCUT2D eigenvalue weighted by atomic mass is 9.97. The molecule has 3 aromatic rings. The molecule has 3 heterocycles. The molecule has 6 heteroatoms. The van der Waals surface area contributed by atoms with Crippen LogP contribution in [0.4, 0.5) is 0 Å². The van der Waals surface area contributed by atoms with Gasteiger partial charge in [0.25, 0.3) is 0 Å². The van der Waals surface area contributed by atoms with Crippen molar-refractivity contribution in [2.45, 2.75) is 48.1 Å². The molecule has 0 aliphatic carbocycles. The van der Waals surface area contributed by atoms with Crippen LogP contribution in [0.1, 0.15) is 49.7 Å². The predicted octanol–water partition coefficient (Wildman–Crippen LogP) is 3.75. The summed E-state index contributed by atoms with van der Waals surface area (Å²) in [6, 6.07) is 1.92. The number of hydrogen-bond acceptors (Lipinski definition) is 5. The fourth-order valence-corrected chi connectivity index (χ4v) is 2.89. The maximum absolute atomic E-state index is 12.1. The second-order valence-electron chi connectivity index (χ2n) is 7.63. The van der Waals surface area contributed by atoms with Gasteiger partial charge in [-0.25, -0.2) is 9.97 Å². The molecule has 0 aliphatic heterocycles. The SMILES string of the molecule is CC(=O)c1nn(CC(C)(C)C)c2c(C)nc(-c3cnc(C)nc3)cc12. The first-order valence-electron chi connectivity index (χ1n) is 8.34. The van der Waals surface area contributed by atoms with E-state index in [-0.39, 0.29) is 11.2 Å². The lowest BCUT2D eigenvalue weighted by Gasteiger charge is -2.19. The molecule has 0 fully saturated rings. The number of fused-ring (bicyclic) bond motifs is 1. The maximum Gasteiger partial charge on any atom is 0.180 e. The third-order valence-corrected chi connectivity index (χ3v) is 3.94. The van der Waals surface area contributed by atoms with Crippen molar-refractivity contribution in [2.75, 3.05) is 0 Å². The van der Waals surface area contributed by atoms with E-state index >= 15 is 0 Å². The molecule has 0 spiro atoms. The highest BCUT2D eigenvalue weighted by Gasteiger charge is 2.21. The van der Waals surface area contributed by atoms with Crippen molar-refractivity contribution >= 4 is 16.7 Å². The van der Waals surface area contributed by atoms with Crippen LogP contribution in [0.2, 0.25) is 0 Å². The van der Waals surface area contributed by atoms with Gasteiger partial charge < -0.3 is 0 Å². The molecule has 0 unspecified atom stereocenters. The zero-order valence-corrected chi connectivity index (χ0v) is 15.6. The quantitative estimate of drug-likeness (QED) is 0.680. The fourth-order valence-electron chi connectivity index (χ4n) is 2.89. The summed E-state index contributed by atoms with van der Waals surface area (Å²) < 4.78 is 1.91. The second kappa shape index (κ2) is 6.02. The number of hydrogen-bond donors (Lipinski definition) is 0. The third kappa shape index (κ3) is 3.43. The molecule has 0 amide bonds. The number of rotatable bonds is 3. The van der Waals surface area contributed by atoms with E-state index in [1.807, 2.05) is 24.6 Å². The largest absolute Gasteiger partial charge is 0.293 e. The van der Waals surface area contributed by atoms with Crippen molar-refractivity contribution in [1.29, 1.82) is 0 Å². The van der Waals surface area contributed by atoms with E-state index in [0.29, 0.717) is 18.1 Å². The maximum atomic E-state index is 12.1. The van der Waals surface area contributed by atoms with Gasteiger partial charge in [-0.05, 0) is 25.3 Å². The molecule has 25 heavy (non-hydrogen) atoms. The van der Waals surface area contributed by atoms with Crippen LogP contribution in [-0.4, -0.2) is 30.5 Å². The summed E-state index contributed by atoms with van der Waals surface area (Å²) in [6.07, 6.45) is 3.51. The van der Waals surface area contributed by atoms with Crippen LogP contribution >= 0.6 is 0 Å². The Labute approximate surface area is 147 Å². The Bertz CT molecular complexity index is 949. The van der Waals surface area contributed by atoms with Crippen molar-refractivity contribution in [2.24, 2.45) is 5.41 Å². The third-order valence-electron chi connectivity index (χ3n) is 3.94. The Morgan fingerprint density at radius 3 is 2.36 bits per heavy atom. The molecule has 0 N–H and O–H groups in total. The minimum atomic E-state index is -0.0469. The van der Waals surface area contributed by atoms with E-state index in [0.717, 1.165) is 27.9 Å². The van der Waals surface area contributed by atoms with Gasteiger partial charge in [0.15, 0.2) is 5.78 Å². The van der Waals surface area contributed by atoms with E-state index < -0.39 is 0 Å². The molecule has 3 aromatic heterocycles. The standard InChI is InChI=1S/C19H23N5O/c1-11-18-15(7-16(22-11)14-8-20-13(3)21-9-14)17(12(2)25)23-24(18)10-19(4,5)6/h7-9H,10H2,1-6H3.